The highest BCUT2D eigenvalue weighted by Gasteiger charge is 2.32. The second-order valence-corrected chi connectivity index (χ2v) is 4.87. The van der Waals surface area contributed by atoms with E-state index in [1.807, 2.05) is 30.3 Å². The minimum Gasteiger partial charge on any atom is -0.325 e. The predicted octanol–water partition coefficient (Wildman–Crippen LogP) is 3.39. The summed E-state index contributed by atoms with van der Waals surface area (Å²) in [6.45, 7) is 4.11. The van der Waals surface area contributed by atoms with Crippen LogP contribution in [0, 0.1) is 13.8 Å². The Morgan fingerprint density at radius 2 is 1.78 bits per heavy atom. The van der Waals surface area contributed by atoms with E-state index in [9.17, 15) is 4.79 Å². The fourth-order valence-electron chi connectivity index (χ4n) is 2.60. The third-order valence-electron chi connectivity index (χ3n) is 3.54. The SMILES string of the molecule is Cc1ccc2c(c1)C(c1ccccc1C)C(=O)N2. The van der Waals surface area contributed by atoms with E-state index in [4.69, 9.17) is 0 Å². The lowest BCUT2D eigenvalue weighted by atomic mass is 9.89. The van der Waals surface area contributed by atoms with Gasteiger partial charge in [0, 0.05) is 5.69 Å². The van der Waals surface area contributed by atoms with Crippen LogP contribution in [-0.2, 0) is 4.79 Å². The van der Waals surface area contributed by atoms with Gasteiger partial charge in [0.25, 0.3) is 0 Å². The van der Waals surface area contributed by atoms with E-state index >= 15 is 0 Å². The Morgan fingerprint density at radius 3 is 2.56 bits per heavy atom. The van der Waals surface area contributed by atoms with Gasteiger partial charge in [-0.25, -0.2) is 0 Å². The number of aryl methyl sites for hydroxylation is 2. The number of amides is 1. The zero-order chi connectivity index (χ0) is 12.7. The van der Waals surface area contributed by atoms with E-state index < -0.39 is 0 Å². The third-order valence-corrected chi connectivity index (χ3v) is 3.54. The van der Waals surface area contributed by atoms with Crippen molar-refractivity contribution in [2.45, 2.75) is 19.8 Å². The fourth-order valence-corrected chi connectivity index (χ4v) is 2.60. The van der Waals surface area contributed by atoms with Gasteiger partial charge in [0.05, 0.1) is 5.92 Å². The van der Waals surface area contributed by atoms with Crippen LogP contribution in [0.2, 0.25) is 0 Å². The molecule has 2 nitrogen and oxygen atoms in total. The van der Waals surface area contributed by atoms with E-state index in [2.05, 4.69) is 31.3 Å². The van der Waals surface area contributed by atoms with E-state index in [1.165, 1.54) is 5.56 Å². The molecule has 0 aromatic heterocycles. The Morgan fingerprint density at radius 1 is 1.00 bits per heavy atom. The molecular weight excluding hydrogens is 222 g/mol. The molecule has 0 radical (unpaired) electrons. The van der Waals surface area contributed by atoms with Crippen LogP contribution < -0.4 is 5.32 Å². The number of hydrogen-bond donors (Lipinski definition) is 1. The van der Waals surface area contributed by atoms with E-state index in [0.717, 1.165) is 22.4 Å². The molecule has 0 spiro atoms. The first kappa shape index (κ1) is 11.0. The molecule has 0 fully saturated rings. The first-order valence-electron chi connectivity index (χ1n) is 6.14. The maximum Gasteiger partial charge on any atom is 0.236 e. The molecule has 2 aromatic carbocycles. The normalized spacial score (nSPS) is 17.4. The number of benzene rings is 2. The van der Waals surface area contributed by atoms with Gasteiger partial charge in [0.15, 0.2) is 0 Å². The van der Waals surface area contributed by atoms with Crippen molar-refractivity contribution in [1.29, 1.82) is 0 Å². The van der Waals surface area contributed by atoms with Crippen LogP contribution in [0.25, 0.3) is 0 Å². The first-order valence-corrected chi connectivity index (χ1v) is 6.14. The van der Waals surface area contributed by atoms with Crippen LogP contribution in [0.5, 0.6) is 0 Å². The molecule has 0 saturated carbocycles. The van der Waals surface area contributed by atoms with Gasteiger partial charge in [-0.3, -0.25) is 4.79 Å². The Kier molecular flexibility index (Phi) is 2.44. The van der Waals surface area contributed by atoms with Crippen molar-refractivity contribution in [2.75, 3.05) is 5.32 Å². The zero-order valence-electron chi connectivity index (χ0n) is 10.5. The molecule has 1 unspecified atom stereocenters. The van der Waals surface area contributed by atoms with Crippen molar-refractivity contribution >= 4 is 11.6 Å². The monoisotopic (exact) mass is 237 g/mol. The third kappa shape index (κ3) is 1.61. The molecule has 1 heterocycles. The second-order valence-electron chi connectivity index (χ2n) is 4.87. The molecule has 1 N–H and O–H groups in total. The van der Waals surface area contributed by atoms with Gasteiger partial charge in [-0.1, -0.05) is 42.0 Å². The second kappa shape index (κ2) is 3.98. The molecule has 2 heteroatoms. The van der Waals surface area contributed by atoms with Gasteiger partial charge in [0.2, 0.25) is 5.91 Å². The number of anilines is 1. The molecule has 1 amide bonds. The van der Waals surface area contributed by atoms with Crippen molar-refractivity contribution < 1.29 is 4.79 Å². The Labute approximate surface area is 107 Å². The topological polar surface area (TPSA) is 29.1 Å². The lowest BCUT2D eigenvalue weighted by Crippen LogP contribution is -2.14. The average molecular weight is 237 g/mol. The smallest absolute Gasteiger partial charge is 0.236 e. The van der Waals surface area contributed by atoms with Gasteiger partial charge in [0.1, 0.15) is 0 Å². The quantitative estimate of drug-likeness (QED) is 0.809. The van der Waals surface area contributed by atoms with Gasteiger partial charge < -0.3 is 5.32 Å². The summed E-state index contributed by atoms with van der Waals surface area (Å²) >= 11 is 0. The summed E-state index contributed by atoms with van der Waals surface area (Å²) < 4.78 is 0. The summed E-state index contributed by atoms with van der Waals surface area (Å²) in [5.74, 6) is -0.0917. The summed E-state index contributed by atoms with van der Waals surface area (Å²) in [6.07, 6.45) is 0. The molecule has 2 aromatic rings. The predicted molar refractivity (Wildman–Crippen MR) is 72.8 cm³/mol. The van der Waals surface area contributed by atoms with Crippen molar-refractivity contribution in [3.05, 3.63) is 64.7 Å². The molecule has 3 rings (SSSR count). The molecule has 0 bridgehead atoms. The lowest BCUT2D eigenvalue weighted by molar-refractivity contribution is -0.116. The number of fused-ring (bicyclic) bond motifs is 1. The Balaban J connectivity index is 2.17. The number of hydrogen-bond acceptors (Lipinski definition) is 1. The molecule has 0 aliphatic carbocycles. The standard InChI is InChI=1S/C16H15NO/c1-10-7-8-14-13(9-10)15(16(18)17-14)12-6-4-3-5-11(12)2/h3-9,15H,1-2H3,(H,17,18). The van der Waals surface area contributed by atoms with Crippen LogP contribution >= 0.6 is 0 Å². The van der Waals surface area contributed by atoms with E-state index in [1.54, 1.807) is 0 Å². The molecule has 90 valence electrons. The van der Waals surface area contributed by atoms with Crippen LogP contribution in [0.4, 0.5) is 5.69 Å². The number of nitrogens with one attached hydrogen (secondary N) is 1. The molecule has 18 heavy (non-hydrogen) atoms. The first-order chi connectivity index (χ1) is 8.66. The van der Waals surface area contributed by atoms with Gasteiger partial charge in [-0.15, -0.1) is 0 Å². The molecule has 1 atom stereocenters. The Bertz CT molecular complexity index is 631. The molecule has 1 aliphatic rings. The lowest BCUT2D eigenvalue weighted by Gasteiger charge is -2.12. The minimum atomic E-state index is -0.166. The van der Waals surface area contributed by atoms with Crippen molar-refractivity contribution in [1.82, 2.24) is 0 Å². The van der Waals surface area contributed by atoms with Crippen LogP contribution in [-0.4, -0.2) is 5.91 Å². The minimum absolute atomic E-state index is 0.0740. The van der Waals surface area contributed by atoms with Gasteiger partial charge >= 0.3 is 0 Å². The van der Waals surface area contributed by atoms with Crippen molar-refractivity contribution in [3.8, 4) is 0 Å². The van der Waals surface area contributed by atoms with Crippen molar-refractivity contribution in [3.63, 3.8) is 0 Å². The highest BCUT2D eigenvalue weighted by molar-refractivity contribution is 6.05. The molecular formula is C16H15NO. The maximum absolute atomic E-state index is 12.2. The van der Waals surface area contributed by atoms with Crippen LogP contribution in [0.1, 0.15) is 28.2 Å². The van der Waals surface area contributed by atoms with Gasteiger partial charge in [-0.2, -0.15) is 0 Å². The van der Waals surface area contributed by atoms with Crippen LogP contribution in [0.3, 0.4) is 0 Å². The van der Waals surface area contributed by atoms with Gasteiger partial charge in [-0.05, 0) is 36.6 Å². The van der Waals surface area contributed by atoms with Crippen LogP contribution in [0.15, 0.2) is 42.5 Å². The number of carbonyl (C=O) groups is 1. The number of rotatable bonds is 1. The van der Waals surface area contributed by atoms with Crippen molar-refractivity contribution in [2.24, 2.45) is 0 Å². The summed E-state index contributed by atoms with van der Waals surface area (Å²) in [6, 6.07) is 14.2. The largest absolute Gasteiger partial charge is 0.325 e. The highest BCUT2D eigenvalue weighted by Crippen LogP contribution is 2.38. The molecule has 1 aliphatic heterocycles. The highest BCUT2D eigenvalue weighted by atomic mass is 16.2. The fraction of sp³-hybridized carbons (Fsp3) is 0.188. The van der Waals surface area contributed by atoms with E-state index in [0.29, 0.717) is 0 Å². The Hall–Kier alpha value is -2.09. The summed E-state index contributed by atoms with van der Waals surface area (Å²) in [7, 11) is 0. The average Bonchev–Trinajstić information content (AvgIpc) is 2.66. The molecule has 0 saturated heterocycles. The van der Waals surface area contributed by atoms with E-state index in [-0.39, 0.29) is 11.8 Å². The zero-order valence-corrected chi connectivity index (χ0v) is 10.5. The number of carbonyl (C=O) groups excluding carboxylic acids is 1. The summed E-state index contributed by atoms with van der Waals surface area (Å²) in [5.41, 5.74) is 5.48. The summed E-state index contributed by atoms with van der Waals surface area (Å²) in [4.78, 5) is 12.2. The maximum atomic E-state index is 12.2. The summed E-state index contributed by atoms with van der Waals surface area (Å²) in [5, 5.41) is 2.96.